The van der Waals surface area contributed by atoms with Crippen LogP contribution in [0, 0.1) is 0 Å². The van der Waals surface area contributed by atoms with Crippen molar-refractivity contribution in [2.75, 3.05) is 4.90 Å². The van der Waals surface area contributed by atoms with E-state index in [2.05, 4.69) is 181 Å². The maximum Gasteiger partial charge on any atom is 0.143 e. The zero-order valence-corrected chi connectivity index (χ0v) is 30.9. The zero-order chi connectivity index (χ0) is 36.7. The Balaban J connectivity index is 1.08. The monoisotopic (exact) mass is 733 g/mol. The molecule has 56 heavy (non-hydrogen) atoms. The van der Waals surface area contributed by atoms with Crippen molar-refractivity contribution in [2.24, 2.45) is 0 Å². The largest absolute Gasteiger partial charge is 0.456 e. The number of nitrogens with zero attached hydrogens (tertiary/aromatic N) is 1. The maximum absolute atomic E-state index is 7.08. The second-order valence-electron chi connectivity index (χ2n) is 14.4. The van der Waals surface area contributed by atoms with Gasteiger partial charge < -0.3 is 13.7 Å². The van der Waals surface area contributed by atoms with Crippen LogP contribution in [0.4, 0.5) is 17.1 Å². The number of thiophene rings is 1. The van der Waals surface area contributed by atoms with E-state index in [9.17, 15) is 0 Å². The molecule has 0 amide bonds. The first-order chi connectivity index (χ1) is 27.7. The second-order valence-corrected chi connectivity index (χ2v) is 15.5. The predicted octanol–water partition coefficient (Wildman–Crippen LogP) is 15.8. The standard InChI is InChI=1S/C52H31NO2S/c1-2-11-32(12-3-1)33-21-23-35(24-22-33)53(37-25-27-40-39-15-7-9-20-48(39)56-49(40)31-37)36-26-28-43-47(30-36)55-52-44(29-34-13-4-5-14-38(34)51(43)52)41-17-10-19-46-50(41)42-16-6-8-18-45(42)54-46/h1-31H. The van der Waals surface area contributed by atoms with Gasteiger partial charge in [-0.1, -0.05) is 121 Å². The van der Waals surface area contributed by atoms with E-state index in [0.717, 1.165) is 72.1 Å². The average Bonchev–Trinajstić information content (AvgIpc) is 3.95. The van der Waals surface area contributed by atoms with Crippen molar-refractivity contribution in [3.05, 3.63) is 188 Å². The summed E-state index contributed by atoms with van der Waals surface area (Å²) in [7, 11) is 0. The lowest BCUT2D eigenvalue weighted by Crippen LogP contribution is -2.09. The minimum atomic E-state index is 0.841. The summed E-state index contributed by atoms with van der Waals surface area (Å²) in [6.45, 7) is 0. The van der Waals surface area contributed by atoms with Crippen LogP contribution in [0.3, 0.4) is 0 Å². The minimum Gasteiger partial charge on any atom is -0.456 e. The fourth-order valence-corrected chi connectivity index (χ4v) is 9.83. The smallest absolute Gasteiger partial charge is 0.143 e. The third-order valence-corrected chi connectivity index (χ3v) is 12.4. The lowest BCUT2D eigenvalue weighted by molar-refractivity contribution is 0.669. The zero-order valence-electron chi connectivity index (χ0n) is 30.1. The van der Waals surface area contributed by atoms with E-state index in [-0.39, 0.29) is 0 Å². The first-order valence-corrected chi connectivity index (χ1v) is 19.7. The fraction of sp³-hybridized carbons (Fsp3) is 0. The van der Waals surface area contributed by atoms with Gasteiger partial charge in [-0.15, -0.1) is 11.3 Å². The van der Waals surface area contributed by atoms with Crippen molar-refractivity contribution in [3.8, 4) is 22.3 Å². The number of rotatable bonds is 5. The number of fused-ring (bicyclic) bond motifs is 11. The van der Waals surface area contributed by atoms with Crippen LogP contribution in [-0.4, -0.2) is 0 Å². The molecule has 0 aliphatic heterocycles. The molecule has 0 radical (unpaired) electrons. The van der Waals surface area contributed by atoms with Gasteiger partial charge in [0.2, 0.25) is 0 Å². The van der Waals surface area contributed by atoms with Gasteiger partial charge in [0.15, 0.2) is 0 Å². The third-order valence-electron chi connectivity index (χ3n) is 11.3. The molecule has 262 valence electrons. The first kappa shape index (κ1) is 31.2. The molecule has 0 atom stereocenters. The van der Waals surface area contributed by atoms with E-state index in [1.807, 2.05) is 23.5 Å². The Kier molecular flexibility index (Phi) is 6.80. The molecule has 3 aromatic heterocycles. The van der Waals surface area contributed by atoms with Crippen molar-refractivity contribution >= 4 is 103 Å². The van der Waals surface area contributed by atoms with Crippen molar-refractivity contribution < 1.29 is 8.83 Å². The molecule has 0 N–H and O–H groups in total. The fourth-order valence-electron chi connectivity index (χ4n) is 8.69. The van der Waals surface area contributed by atoms with E-state index in [4.69, 9.17) is 8.83 Å². The van der Waals surface area contributed by atoms with Crippen LogP contribution in [0.2, 0.25) is 0 Å². The number of para-hydroxylation sites is 1. The molecular formula is C52H31NO2S. The van der Waals surface area contributed by atoms with Crippen molar-refractivity contribution in [1.82, 2.24) is 0 Å². The van der Waals surface area contributed by atoms with E-state index < -0.39 is 0 Å². The van der Waals surface area contributed by atoms with Crippen LogP contribution in [0.5, 0.6) is 0 Å². The van der Waals surface area contributed by atoms with E-state index in [1.54, 1.807) is 0 Å². The Bertz CT molecular complexity index is 3480. The molecule has 0 spiro atoms. The Morgan fingerprint density at radius 1 is 0.357 bits per heavy atom. The van der Waals surface area contributed by atoms with Gasteiger partial charge in [0.05, 0.1) is 0 Å². The van der Waals surface area contributed by atoms with Crippen LogP contribution in [0.1, 0.15) is 0 Å². The summed E-state index contributed by atoms with van der Waals surface area (Å²) in [6, 6.07) is 67.2. The van der Waals surface area contributed by atoms with Crippen LogP contribution in [0.25, 0.3) is 97.1 Å². The highest BCUT2D eigenvalue weighted by molar-refractivity contribution is 7.25. The van der Waals surface area contributed by atoms with Gasteiger partial charge in [0, 0.05) is 70.4 Å². The maximum atomic E-state index is 7.08. The molecule has 0 fully saturated rings. The van der Waals surface area contributed by atoms with Gasteiger partial charge in [-0.25, -0.2) is 0 Å². The second kappa shape index (κ2) is 12.2. The number of hydrogen-bond acceptors (Lipinski definition) is 4. The van der Waals surface area contributed by atoms with Gasteiger partial charge in [-0.05, 0) is 88.1 Å². The molecule has 3 nitrogen and oxygen atoms in total. The molecule has 0 aliphatic carbocycles. The van der Waals surface area contributed by atoms with Gasteiger partial charge in [-0.2, -0.15) is 0 Å². The van der Waals surface area contributed by atoms with Crippen LogP contribution >= 0.6 is 11.3 Å². The SMILES string of the molecule is c1ccc(-c2ccc(N(c3ccc4c(c3)oc3c(-c5cccc6oc7ccccc7c56)cc5ccccc5c34)c3ccc4c(c3)sc3ccccc34)cc2)cc1. The summed E-state index contributed by atoms with van der Waals surface area (Å²) in [5.41, 5.74) is 11.2. The molecule has 0 aliphatic rings. The average molecular weight is 734 g/mol. The Morgan fingerprint density at radius 3 is 1.88 bits per heavy atom. The van der Waals surface area contributed by atoms with Crippen LogP contribution < -0.4 is 4.90 Å². The van der Waals surface area contributed by atoms with Gasteiger partial charge in [0.25, 0.3) is 0 Å². The van der Waals surface area contributed by atoms with E-state index in [0.29, 0.717) is 0 Å². The molecular weight excluding hydrogens is 703 g/mol. The lowest BCUT2D eigenvalue weighted by Gasteiger charge is -2.26. The number of anilines is 3. The molecule has 0 unspecified atom stereocenters. The van der Waals surface area contributed by atoms with Gasteiger partial charge in [-0.3, -0.25) is 0 Å². The summed E-state index contributed by atoms with van der Waals surface area (Å²) >= 11 is 1.84. The van der Waals surface area contributed by atoms with E-state index in [1.165, 1.54) is 42.1 Å². The molecule has 3 heterocycles. The topological polar surface area (TPSA) is 29.5 Å². The molecule has 4 heteroatoms. The molecule has 0 saturated heterocycles. The Labute approximate surface area is 325 Å². The van der Waals surface area contributed by atoms with Gasteiger partial charge >= 0.3 is 0 Å². The van der Waals surface area contributed by atoms with Crippen molar-refractivity contribution in [3.63, 3.8) is 0 Å². The predicted molar refractivity (Wildman–Crippen MR) is 237 cm³/mol. The van der Waals surface area contributed by atoms with Crippen molar-refractivity contribution in [2.45, 2.75) is 0 Å². The third kappa shape index (κ3) is 4.76. The highest BCUT2D eigenvalue weighted by atomic mass is 32.1. The van der Waals surface area contributed by atoms with Crippen molar-refractivity contribution in [1.29, 1.82) is 0 Å². The molecule has 0 bridgehead atoms. The normalized spacial score (nSPS) is 11.9. The molecule has 9 aromatic carbocycles. The summed E-state index contributed by atoms with van der Waals surface area (Å²) in [5.74, 6) is 0. The van der Waals surface area contributed by atoms with Gasteiger partial charge in [0.1, 0.15) is 22.3 Å². The van der Waals surface area contributed by atoms with Crippen LogP contribution in [0.15, 0.2) is 197 Å². The number of furan rings is 2. The summed E-state index contributed by atoms with van der Waals surface area (Å²) in [6.07, 6.45) is 0. The first-order valence-electron chi connectivity index (χ1n) is 18.9. The molecule has 12 rings (SSSR count). The lowest BCUT2D eigenvalue weighted by atomic mass is 9.94. The highest BCUT2D eigenvalue weighted by Crippen LogP contribution is 2.47. The number of hydrogen-bond donors (Lipinski definition) is 0. The Hall–Kier alpha value is -7.14. The Morgan fingerprint density at radius 2 is 1.00 bits per heavy atom. The quantitative estimate of drug-likeness (QED) is 0.176. The molecule has 12 aromatic rings. The summed E-state index contributed by atoms with van der Waals surface area (Å²) in [4.78, 5) is 2.35. The van der Waals surface area contributed by atoms with E-state index >= 15 is 0 Å². The summed E-state index contributed by atoms with van der Waals surface area (Å²) < 4.78 is 16.0. The minimum absolute atomic E-state index is 0.841. The summed E-state index contributed by atoms with van der Waals surface area (Å²) in [5, 5.41) is 9.32. The molecule has 0 saturated carbocycles. The number of benzene rings is 9. The highest BCUT2D eigenvalue weighted by Gasteiger charge is 2.22. The van der Waals surface area contributed by atoms with Crippen LogP contribution in [-0.2, 0) is 0 Å².